The van der Waals surface area contributed by atoms with Crippen molar-refractivity contribution in [2.45, 2.75) is 0 Å². The summed E-state index contributed by atoms with van der Waals surface area (Å²) >= 11 is 0. The minimum absolute atomic E-state index is 0.632. The highest BCUT2D eigenvalue weighted by molar-refractivity contribution is 6.22. The van der Waals surface area contributed by atoms with Crippen LogP contribution in [0.5, 0.6) is 0 Å². The Morgan fingerprint density at radius 3 is 1.50 bits per heavy atom. The molecule has 8 aromatic rings. The van der Waals surface area contributed by atoms with Gasteiger partial charge in [0, 0.05) is 22.1 Å². The van der Waals surface area contributed by atoms with Gasteiger partial charge in [-0.2, -0.15) is 5.26 Å². The Morgan fingerprint density at radius 2 is 0.870 bits per heavy atom. The van der Waals surface area contributed by atoms with Gasteiger partial charge in [-0.1, -0.05) is 121 Å². The highest BCUT2D eigenvalue weighted by Gasteiger charge is 2.26. The first-order valence-corrected chi connectivity index (χ1v) is 15.3. The third kappa shape index (κ3) is 4.11. The standard InChI is InChI=1S/C42H24N4/c43-25-26-15-16-30-24-31(18-17-29(30)23-26)32-19-20-35-33-13-7-8-14-34(33)36-21-22-37(38(32)39(35)36)42-45-40(27-9-3-1-4-10-27)44-41(46-42)28-11-5-2-6-12-28/h1-24H. The summed E-state index contributed by atoms with van der Waals surface area (Å²) in [5.41, 5.74) is 10.6. The van der Waals surface area contributed by atoms with E-state index in [1.165, 1.54) is 27.6 Å². The Bertz CT molecular complexity index is 2440. The van der Waals surface area contributed by atoms with Crippen molar-refractivity contribution in [2.24, 2.45) is 0 Å². The van der Waals surface area contributed by atoms with Gasteiger partial charge in [-0.3, -0.25) is 0 Å². The van der Waals surface area contributed by atoms with Crippen molar-refractivity contribution in [1.82, 2.24) is 15.0 Å². The average Bonchev–Trinajstić information content (AvgIpc) is 3.46. The molecular weight excluding hydrogens is 560 g/mol. The molecule has 212 valence electrons. The molecule has 0 N–H and O–H groups in total. The van der Waals surface area contributed by atoms with Crippen LogP contribution in [-0.4, -0.2) is 15.0 Å². The molecule has 0 bridgehead atoms. The van der Waals surface area contributed by atoms with Crippen molar-refractivity contribution in [1.29, 1.82) is 5.26 Å². The number of rotatable bonds is 4. The Labute approximate surface area is 265 Å². The van der Waals surface area contributed by atoms with E-state index in [2.05, 4.69) is 72.8 Å². The molecule has 0 aliphatic heterocycles. The summed E-state index contributed by atoms with van der Waals surface area (Å²) in [5, 5.41) is 13.9. The first-order valence-electron chi connectivity index (χ1n) is 15.3. The van der Waals surface area contributed by atoms with Gasteiger partial charge >= 0.3 is 0 Å². The van der Waals surface area contributed by atoms with Crippen molar-refractivity contribution in [3.63, 3.8) is 0 Å². The van der Waals surface area contributed by atoms with E-state index < -0.39 is 0 Å². The molecule has 4 nitrogen and oxygen atoms in total. The van der Waals surface area contributed by atoms with E-state index in [9.17, 15) is 5.26 Å². The van der Waals surface area contributed by atoms with Crippen LogP contribution in [0.25, 0.3) is 89.1 Å². The zero-order valence-electron chi connectivity index (χ0n) is 24.6. The number of nitrogens with zero attached hydrogens (tertiary/aromatic N) is 4. The van der Waals surface area contributed by atoms with Gasteiger partial charge in [-0.25, -0.2) is 15.0 Å². The van der Waals surface area contributed by atoms with Crippen LogP contribution in [0.1, 0.15) is 5.56 Å². The van der Waals surface area contributed by atoms with Crippen molar-refractivity contribution in [2.75, 3.05) is 0 Å². The molecule has 0 unspecified atom stereocenters. The average molecular weight is 585 g/mol. The lowest BCUT2D eigenvalue weighted by molar-refractivity contribution is 1.08. The molecule has 0 amide bonds. The molecule has 1 aromatic heterocycles. The second-order valence-corrected chi connectivity index (χ2v) is 11.5. The molecule has 0 fully saturated rings. The fourth-order valence-electron chi connectivity index (χ4n) is 6.74. The van der Waals surface area contributed by atoms with E-state index >= 15 is 0 Å². The maximum absolute atomic E-state index is 9.44. The normalized spacial score (nSPS) is 11.5. The zero-order valence-corrected chi connectivity index (χ0v) is 24.6. The minimum Gasteiger partial charge on any atom is -0.208 e. The molecule has 0 saturated carbocycles. The number of hydrogen-bond acceptors (Lipinski definition) is 4. The molecule has 4 heteroatoms. The largest absolute Gasteiger partial charge is 0.208 e. The predicted molar refractivity (Wildman–Crippen MR) is 186 cm³/mol. The summed E-state index contributed by atoms with van der Waals surface area (Å²) in [4.78, 5) is 15.2. The molecule has 7 aromatic carbocycles. The van der Waals surface area contributed by atoms with Crippen LogP contribution in [0, 0.1) is 11.3 Å². The second-order valence-electron chi connectivity index (χ2n) is 11.5. The van der Waals surface area contributed by atoms with Gasteiger partial charge in [-0.15, -0.1) is 0 Å². The van der Waals surface area contributed by atoms with E-state index in [4.69, 9.17) is 15.0 Å². The summed E-state index contributed by atoms with van der Waals surface area (Å²) in [7, 11) is 0. The van der Waals surface area contributed by atoms with Gasteiger partial charge in [-0.05, 0) is 73.8 Å². The summed E-state index contributed by atoms with van der Waals surface area (Å²) in [6.45, 7) is 0. The lowest BCUT2D eigenvalue weighted by Gasteiger charge is -2.16. The molecule has 0 atom stereocenters. The van der Waals surface area contributed by atoms with Crippen molar-refractivity contribution in [3.05, 3.63) is 151 Å². The second kappa shape index (κ2) is 10.3. The molecule has 1 aliphatic rings. The van der Waals surface area contributed by atoms with Gasteiger partial charge in [0.15, 0.2) is 17.5 Å². The fourth-order valence-corrected chi connectivity index (χ4v) is 6.74. The monoisotopic (exact) mass is 584 g/mol. The van der Waals surface area contributed by atoms with Gasteiger partial charge in [0.2, 0.25) is 0 Å². The van der Waals surface area contributed by atoms with Crippen molar-refractivity contribution < 1.29 is 0 Å². The van der Waals surface area contributed by atoms with Crippen molar-refractivity contribution >= 4 is 21.5 Å². The summed E-state index contributed by atoms with van der Waals surface area (Å²) in [6, 6.07) is 52.2. The van der Waals surface area contributed by atoms with Crippen LogP contribution in [0.4, 0.5) is 0 Å². The van der Waals surface area contributed by atoms with Crippen LogP contribution in [0.15, 0.2) is 146 Å². The summed E-state index contributed by atoms with van der Waals surface area (Å²) in [6.07, 6.45) is 0. The van der Waals surface area contributed by atoms with Gasteiger partial charge < -0.3 is 0 Å². The first-order chi connectivity index (χ1) is 22.7. The number of nitriles is 1. The number of hydrogen-bond donors (Lipinski definition) is 0. The molecule has 0 spiro atoms. The Balaban J connectivity index is 1.36. The van der Waals surface area contributed by atoms with Crippen LogP contribution in [0.2, 0.25) is 0 Å². The number of benzene rings is 7. The molecule has 1 heterocycles. The molecule has 0 radical (unpaired) electrons. The van der Waals surface area contributed by atoms with Gasteiger partial charge in [0.25, 0.3) is 0 Å². The molecule has 1 aliphatic carbocycles. The number of aromatic nitrogens is 3. The maximum atomic E-state index is 9.44. The number of fused-ring (bicyclic) bond motifs is 4. The first kappa shape index (κ1) is 26.0. The van der Waals surface area contributed by atoms with Crippen molar-refractivity contribution in [3.8, 4) is 73.6 Å². The summed E-state index contributed by atoms with van der Waals surface area (Å²) < 4.78 is 0. The van der Waals surface area contributed by atoms with E-state index in [0.29, 0.717) is 23.0 Å². The maximum Gasteiger partial charge on any atom is 0.164 e. The lowest BCUT2D eigenvalue weighted by atomic mass is 9.90. The van der Waals surface area contributed by atoms with Gasteiger partial charge in [0.1, 0.15) is 0 Å². The molecule has 46 heavy (non-hydrogen) atoms. The highest BCUT2D eigenvalue weighted by atomic mass is 15.0. The van der Waals surface area contributed by atoms with Crippen LogP contribution in [-0.2, 0) is 0 Å². The van der Waals surface area contributed by atoms with Gasteiger partial charge in [0.05, 0.1) is 11.6 Å². The minimum atomic E-state index is 0.632. The smallest absolute Gasteiger partial charge is 0.164 e. The lowest BCUT2D eigenvalue weighted by Crippen LogP contribution is -2.01. The molecular formula is C42H24N4. The van der Waals surface area contributed by atoms with E-state index in [1.807, 2.05) is 78.9 Å². The Kier molecular flexibility index (Phi) is 5.84. The Morgan fingerprint density at radius 1 is 0.370 bits per heavy atom. The Hall–Kier alpha value is -6.44. The zero-order chi connectivity index (χ0) is 30.6. The van der Waals surface area contributed by atoms with Crippen LogP contribution >= 0.6 is 0 Å². The third-order valence-electron chi connectivity index (χ3n) is 8.89. The van der Waals surface area contributed by atoms with E-state index in [0.717, 1.165) is 44.0 Å². The van der Waals surface area contributed by atoms with Crippen LogP contribution < -0.4 is 0 Å². The SMILES string of the molecule is N#Cc1ccc2cc(-c3ccc4c5c(ccc(-c6nc(-c7ccccc7)nc(-c7ccccc7)n6)c35)-c3ccccc3-4)ccc2c1. The third-order valence-corrected chi connectivity index (χ3v) is 8.89. The quantitative estimate of drug-likeness (QED) is 0.206. The molecule has 9 rings (SSSR count). The fraction of sp³-hybridized carbons (Fsp3) is 0. The molecule has 0 saturated heterocycles. The van der Waals surface area contributed by atoms with Crippen LogP contribution in [0.3, 0.4) is 0 Å². The summed E-state index contributed by atoms with van der Waals surface area (Å²) in [5.74, 6) is 1.90. The highest BCUT2D eigenvalue weighted by Crippen LogP contribution is 2.51. The predicted octanol–water partition coefficient (Wildman–Crippen LogP) is 10.4. The van der Waals surface area contributed by atoms with E-state index in [-0.39, 0.29) is 0 Å². The van der Waals surface area contributed by atoms with E-state index in [1.54, 1.807) is 0 Å². The topological polar surface area (TPSA) is 62.5 Å².